The Bertz CT molecular complexity index is 1730. The topological polar surface area (TPSA) is 132 Å². The van der Waals surface area contributed by atoms with Gasteiger partial charge >= 0.3 is 0 Å². The third-order valence-electron chi connectivity index (χ3n) is 7.38. The molecule has 0 saturated heterocycles. The molecule has 0 spiro atoms. The highest BCUT2D eigenvalue weighted by Gasteiger charge is 2.23. The van der Waals surface area contributed by atoms with Crippen molar-refractivity contribution in [1.29, 1.82) is 0 Å². The van der Waals surface area contributed by atoms with Crippen LogP contribution in [0.2, 0.25) is 5.02 Å². The summed E-state index contributed by atoms with van der Waals surface area (Å²) in [6.45, 7) is 7.91. The lowest BCUT2D eigenvalue weighted by Gasteiger charge is -2.23. The van der Waals surface area contributed by atoms with Gasteiger partial charge < -0.3 is 11.1 Å². The number of aryl methyl sites for hydroxylation is 1. The van der Waals surface area contributed by atoms with Crippen molar-refractivity contribution in [1.82, 2.24) is 14.5 Å². The lowest BCUT2D eigenvalue weighted by Crippen LogP contribution is -2.28. The van der Waals surface area contributed by atoms with Crippen LogP contribution in [0.25, 0.3) is 22.4 Å². The van der Waals surface area contributed by atoms with Crippen molar-refractivity contribution in [3.8, 4) is 22.4 Å². The molecule has 1 aliphatic rings. The average molecular weight is 635 g/mol. The molecule has 0 radical (unpaired) electrons. The first-order valence-corrected chi connectivity index (χ1v) is 15.3. The van der Waals surface area contributed by atoms with E-state index in [1.165, 1.54) is 23.6 Å². The maximum absolute atomic E-state index is 13.7. The van der Waals surface area contributed by atoms with Crippen molar-refractivity contribution >= 4 is 40.5 Å². The maximum Gasteiger partial charge on any atom is 0.254 e. The highest BCUT2D eigenvalue weighted by molar-refractivity contribution is 6.31. The van der Waals surface area contributed by atoms with Gasteiger partial charge in [-0.25, -0.2) is 10.8 Å². The molecule has 1 aliphatic heterocycles. The summed E-state index contributed by atoms with van der Waals surface area (Å²) in [5, 5.41) is 4.80. The molecule has 2 aromatic carbocycles. The number of hydrogen-bond donors (Lipinski definition) is 3. The van der Waals surface area contributed by atoms with E-state index in [-0.39, 0.29) is 22.5 Å². The summed E-state index contributed by atoms with van der Waals surface area (Å²) in [5.74, 6) is 5.91. The monoisotopic (exact) mass is 633 g/mol. The number of benzene rings is 2. The minimum absolute atomic E-state index is 0.0106. The Morgan fingerprint density at radius 1 is 1.05 bits per heavy atom. The first kappa shape index (κ1) is 32.7. The largest absolute Gasteiger partial charge is 0.388 e. The van der Waals surface area contributed by atoms with Crippen LogP contribution in [0.1, 0.15) is 57.3 Å². The van der Waals surface area contributed by atoms with Crippen molar-refractivity contribution in [2.75, 3.05) is 10.3 Å². The van der Waals surface area contributed by atoms with Gasteiger partial charge in [0.1, 0.15) is 5.16 Å². The Morgan fingerprint density at radius 2 is 1.82 bits per heavy atom. The van der Waals surface area contributed by atoms with Crippen LogP contribution < -0.4 is 27.5 Å². The number of hydrogen-bond acceptors (Lipinski definition) is 7. The molecule has 4 aromatic rings. The molecule has 2 aromatic heterocycles. The predicted molar refractivity (Wildman–Crippen MR) is 179 cm³/mol. The second-order valence-electron chi connectivity index (χ2n) is 10.5. The number of nitrogens with two attached hydrogens (primary N) is 2. The number of carbonyl (C=O) groups excluding carboxylic acids is 1. The number of pyridine rings is 1. The van der Waals surface area contributed by atoms with Gasteiger partial charge in [-0.1, -0.05) is 62.5 Å². The molecule has 0 fully saturated rings. The molecule has 2 unspecified atom stereocenters. The van der Waals surface area contributed by atoms with Gasteiger partial charge in [0.25, 0.3) is 5.56 Å². The zero-order valence-corrected chi connectivity index (χ0v) is 26.7. The van der Waals surface area contributed by atoms with Crippen LogP contribution in [0.5, 0.6) is 0 Å². The summed E-state index contributed by atoms with van der Waals surface area (Å²) < 4.78 is 1.59. The molecule has 230 valence electrons. The van der Waals surface area contributed by atoms with Crippen LogP contribution in [-0.4, -0.2) is 20.4 Å². The van der Waals surface area contributed by atoms with Crippen LogP contribution in [0.15, 0.2) is 83.3 Å². The summed E-state index contributed by atoms with van der Waals surface area (Å²) in [5.41, 5.74) is 11.1. The fourth-order valence-corrected chi connectivity index (χ4v) is 5.45. The zero-order valence-electron chi connectivity index (χ0n) is 25.2. The molecular formula is C33H37Cl2N7O2. The fraction of sp³-hybridized carbons (Fsp3) is 0.273. The number of aromatic nitrogens is 3. The molecular weight excluding hydrogens is 597 g/mol. The van der Waals surface area contributed by atoms with E-state index in [9.17, 15) is 9.59 Å². The summed E-state index contributed by atoms with van der Waals surface area (Å²) in [6.07, 6.45) is 6.54. The minimum atomic E-state index is -0.397. The molecule has 5 rings (SSSR count). The molecule has 1 amide bonds. The summed E-state index contributed by atoms with van der Waals surface area (Å²) in [7, 11) is 0. The number of fused-ring (bicyclic) bond motifs is 4. The third-order valence-corrected chi connectivity index (χ3v) is 7.71. The van der Waals surface area contributed by atoms with Gasteiger partial charge in [0.05, 0.1) is 35.6 Å². The van der Waals surface area contributed by atoms with Crippen molar-refractivity contribution < 1.29 is 4.79 Å². The number of nitrogens with one attached hydrogen (secondary N) is 1. The number of amides is 1. The van der Waals surface area contributed by atoms with E-state index in [4.69, 9.17) is 34.8 Å². The number of rotatable bonds is 4. The Hall–Kier alpha value is -4.18. The van der Waals surface area contributed by atoms with Gasteiger partial charge in [0, 0.05) is 40.0 Å². The molecule has 2 atom stereocenters. The van der Waals surface area contributed by atoms with E-state index in [0.717, 1.165) is 28.1 Å². The van der Waals surface area contributed by atoms with Crippen molar-refractivity contribution in [3.05, 3.63) is 105 Å². The predicted octanol–water partition coefficient (Wildman–Crippen LogP) is 6.98. The first-order valence-electron chi connectivity index (χ1n) is 14.5. The van der Waals surface area contributed by atoms with Crippen LogP contribution in [0.3, 0.4) is 0 Å². The van der Waals surface area contributed by atoms with Crippen LogP contribution in [0, 0.1) is 12.8 Å². The van der Waals surface area contributed by atoms with Crippen LogP contribution in [-0.2, 0) is 4.79 Å². The minimum Gasteiger partial charge on any atom is -0.388 e. The zero-order chi connectivity index (χ0) is 32.0. The van der Waals surface area contributed by atoms with Gasteiger partial charge in [-0.3, -0.25) is 24.1 Å². The Labute approximate surface area is 267 Å². The van der Waals surface area contributed by atoms with Gasteiger partial charge in [-0.15, -0.1) is 0 Å². The Balaban J connectivity index is 0.00000216. The molecule has 44 heavy (non-hydrogen) atoms. The van der Waals surface area contributed by atoms with Crippen molar-refractivity contribution in [2.24, 2.45) is 17.5 Å². The standard InChI is InChI=1S/C31H31Cl2N7O2.C2H6/c1-18-6-8-22-20-10-11-36-26(13-20)28(5-3-4-19(2)31(42)38-25(22)12-18)39-17-37-24(15-30(39)41)23-14-21(32)7-9-27(23)40(35)16-29(33)34;1-2/h6-17,19,28H,3-5,34-35H2,1-2H3,(H,38,42);1-2H3/b29-16-;. The lowest BCUT2D eigenvalue weighted by atomic mass is 9.95. The molecule has 11 heteroatoms. The number of hydrazine groups is 1. The van der Waals surface area contributed by atoms with Crippen molar-refractivity contribution in [3.63, 3.8) is 0 Å². The first-order chi connectivity index (χ1) is 21.1. The molecule has 5 N–H and O–H groups in total. The number of anilines is 2. The van der Waals surface area contributed by atoms with E-state index in [2.05, 4.69) is 15.3 Å². The average Bonchev–Trinajstić information content (AvgIpc) is 3.00. The smallest absolute Gasteiger partial charge is 0.254 e. The van der Waals surface area contributed by atoms with Gasteiger partial charge in [-0.05, 0) is 67.3 Å². The summed E-state index contributed by atoms with van der Waals surface area (Å²) >= 11 is 12.1. The fourth-order valence-electron chi connectivity index (χ4n) is 5.18. The third kappa shape index (κ3) is 7.48. The second kappa shape index (κ2) is 14.5. The van der Waals surface area contributed by atoms with E-state index in [1.54, 1.807) is 29.0 Å². The van der Waals surface area contributed by atoms with Crippen LogP contribution in [0.4, 0.5) is 11.4 Å². The van der Waals surface area contributed by atoms with Gasteiger partial charge in [0.15, 0.2) is 0 Å². The van der Waals surface area contributed by atoms with Gasteiger partial charge in [0.2, 0.25) is 5.91 Å². The van der Waals surface area contributed by atoms with Crippen molar-refractivity contribution in [2.45, 2.75) is 53.0 Å². The maximum atomic E-state index is 13.7. The van der Waals surface area contributed by atoms with E-state index in [1.807, 2.05) is 58.0 Å². The molecule has 3 heterocycles. The molecule has 0 aliphatic carbocycles. The number of carbonyl (C=O) groups is 1. The SMILES string of the molecule is CC.Cc1ccc2c(c1)NC(=O)C(C)CCCC(n1cnc(-c3cc(Cl)ccc3N(N)/C=C(\N)Cl)cc1=O)c1cc-2ccn1. The molecule has 2 bridgehead atoms. The quantitative estimate of drug-likeness (QED) is 0.125. The highest BCUT2D eigenvalue weighted by atomic mass is 35.5. The van der Waals surface area contributed by atoms with E-state index in [0.29, 0.717) is 41.2 Å². The lowest BCUT2D eigenvalue weighted by molar-refractivity contribution is -0.119. The Kier molecular flexibility index (Phi) is 10.8. The van der Waals surface area contributed by atoms with Gasteiger partial charge in [-0.2, -0.15) is 0 Å². The normalized spacial score (nSPS) is 16.8. The summed E-state index contributed by atoms with van der Waals surface area (Å²) in [4.78, 5) is 36.0. The molecule has 0 saturated carbocycles. The molecule has 9 nitrogen and oxygen atoms in total. The Morgan fingerprint density at radius 3 is 2.55 bits per heavy atom. The number of halogens is 2. The van der Waals surface area contributed by atoms with E-state index < -0.39 is 6.04 Å². The highest BCUT2D eigenvalue weighted by Crippen LogP contribution is 2.34. The number of nitrogens with zero attached hydrogens (tertiary/aromatic N) is 4. The second-order valence-corrected chi connectivity index (χ2v) is 11.3. The van der Waals surface area contributed by atoms with Crippen LogP contribution >= 0.6 is 23.2 Å². The van der Waals surface area contributed by atoms with E-state index >= 15 is 0 Å². The summed E-state index contributed by atoms with van der Waals surface area (Å²) in [6, 6.07) is 15.9.